The summed E-state index contributed by atoms with van der Waals surface area (Å²) in [7, 11) is 0. The first-order chi connectivity index (χ1) is 12.1. The molecule has 2 aromatic carbocycles. The molecule has 1 saturated heterocycles. The molecule has 0 radical (unpaired) electrons. The van der Waals surface area contributed by atoms with Gasteiger partial charge in [0.1, 0.15) is 5.82 Å². The van der Waals surface area contributed by atoms with E-state index in [-0.39, 0.29) is 11.9 Å². The van der Waals surface area contributed by atoms with Gasteiger partial charge in [0.25, 0.3) is 0 Å². The molecule has 0 aliphatic carbocycles. The summed E-state index contributed by atoms with van der Waals surface area (Å²) in [6.07, 6.45) is 2.01. The highest BCUT2D eigenvalue weighted by Gasteiger charge is 2.32. The van der Waals surface area contributed by atoms with Crippen LogP contribution in [0, 0.1) is 0 Å². The van der Waals surface area contributed by atoms with Crippen molar-refractivity contribution < 1.29 is 4.79 Å². The van der Waals surface area contributed by atoms with E-state index in [1.807, 2.05) is 23.1 Å². The Hall–Kier alpha value is -2.14. The van der Waals surface area contributed by atoms with Crippen LogP contribution < -0.4 is 0 Å². The smallest absolute Gasteiger partial charge is 0.220 e. The molecule has 25 heavy (non-hydrogen) atoms. The summed E-state index contributed by atoms with van der Waals surface area (Å²) < 4.78 is 3.34. The van der Waals surface area contributed by atoms with Gasteiger partial charge < -0.3 is 9.47 Å². The summed E-state index contributed by atoms with van der Waals surface area (Å²) in [4.78, 5) is 18.9. The predicted molar refractivity (Wildman–Crippen MR) is 102 cm³/mol. The van der Waals surface area contributed by atoms with E-state index in [4.69, 9.17) is 4.98 Å². The molecule has 0 bridgehead atoms. The lowest BCUT2D eigenvalue weighted by Crippen LogP contribution is -2.30. The second-order valence-corrected chi connectivity index (χ2v) is 7.46. The van der Waals surface area contributed by atoms with Crippen LogP contribution in [0.2, 0.25) is 0 Å². The highest BCUT2D eigenvalue weighted by Crippen LogP contribution is 2.33. The number of carbonyl (C=O) groups is 1. The maximum atomic E-state index is 12.0. The van der Waals surface area contributed by atoms with Crippen LogP contribution in [0.5, 0.6) is 0 Å². The SMILES string of the molecule is CC(=O)N1CCC[C@H]1c1nc2ccccc2n1Cc1ccc(Br)cc1. The standard InChI is InChI=1S/C20H20BrN3O/c1-14(25)23-12-4-7-19(23)20-22-17-5-2-3-6-18(17)24(20)13-15-8-10-16(21)11-9-15/h2-3,5-6,8-11,19H,4,7,12-13H2,1H3/t19-/m0/s1. The van der Waals surface area contributed by atoms with Gasteiger partial charge in [0, 0.05) is 24.5 Å². The van der Waals surface area contributed by atoms with E-state index in [9.17, 15) is 4.79 Å². The number of nitrogens with zero attached hydrogens (tertiary/aromatic N) is 3. The Bertz CT molecular complexity index is 916. The zero-order chi connectivity index (χ0) is 17.4. The fraction of sp³-hybridized carbons (Fsp3) is 0.300. The second-order valence-electron chi connectivity index (χ2n) is 6.54. The number of hydrogen-bond acceptors (Lipinski definition) is 2. The Kier molecular flexibility index (Phi) is 4.34. The van der Waals surface area contributed by atoms with Crippen LogP contribution in [0.15, 0.2) is 53.0 Å². The van der Waals surface area contributed by atoms with Crippen LogP contribution in [0.25, 0.3) is 11.0 Å². The van der Waals surface area contributed by atoms with Crippen LogP contribution in [-0.2, 0) is 11.3 Å². The topological polar surface area (TPSA) is 38.1 Å². The molecule has 1 atom stereocenters. The summed E-state index contributed by atoms with van der Waals surface area (Å²) >= 11 is 3.49. The van der Waals surface area contributed by atoms with Gasteiger partial charge in [-0.1, -0.05) is 40.2 Å². The monoisotopic (exact) mass is 397 g/mol. The molecular formula is C20H20BrN3O. The minimum absolute atomic E-state index is 0.0698. The molecule has 0 saturated carbocycles. The fourth-order valence-electron chi connectivity index (χ4n) is 3.70. The molecule has 0 spiro atoms. The minimum atomic E-state index is 0.0698. The normalized spacial score (nSPS) is 17.4. The Morgan fingerprint density at radius 3 is 2.72 bits per heavy atom. The molecule has 4 rings (SSSR count). The number of fused-ring (bicyclic) bond motifs is 1. The summed E-state index contributed by atoms with van der Waals surface area (Å²) in [5.74, 6) is 1.13. The molecule has 1 aromatic heterocycles. The third-order valence-corrected chi connectivity index (χ3v) is 5.42. The van der Waals surface area contributed by atoms with E-state index in [2.05, 4.69) is 50.8 Å². The summed E-state index contributed by atoms with van der Waals surface area (Å²) in [6, 6.07) is 16.7. The van der Waals surface area contributed by atoms with Crippen LogP contribution in [0.3, 0.4) is 0 Å². The van der Waals surface area contributed by atoms with Gasteiger partial charge in [0.2, 0.25) is 5.91 Å². The van der Waals surface area contributed by atoms with Crippen molar-refractivity contribution in [3.8, 4) is 0 Å². The zero-order valence-electron chi connectivity index (χ0n) is 14.2. The molecule has 1 aliphatic rings. The molecule has 1 fully saturated rings. The predicted octanol–water partition coefficient (Wildman–Crippen LogP) is 4.53. The molecule has 1 aliphatic heterocycles. The molecule has 0 unspecified atom stereocenters. The molecule has 2 heterocycles. The average molecular weight is 398 g/mol. The van der Waals surface area contributed by atoms with Gasteiger partial charge in [0.05, 0.1) is 17.1 Å². The number of amides is 1. The lowest BCUT2D eigenvalue weighted by atomic mass is 10.2. The Morgan fingerprint density at radius 1 is 1.20 bits per heavy atom. The van der Waals surface area contributed by atoms with E-state index in [0.717, 1.165) is 47.3 Å². The van der Waals surface area contributed by atoms with Gasteiger partial charge in [-0.25, -0.2) is 4.98 Å². The van der Waals surface area contributed by atoms with Crippen LogP contribution >= 0.6 is 15.9 Å². The quantitative estimate of drug-likeness (QED) is 0.650. The lowest BCUT2D eigenvalue weighted by Gasteiger charge is -2.24. The number of halogens is 1. The van der Waals surface area contributed by atoms with Gasteiger partial charge in [-0.2, -0.15) is 0 Å². The number of rotatable bonds is 3. The van der Waals surface area contributed by atoms with Crippen LogP contribution in [0.1, 0.15) is 37.2 Å². The van der Waals surface area contributed by atoms with Crippen molar-refractivity contribution in [1.29, 1.82) is 0 Å². The van der Waals surface area contributed by atoms with Gasteiger partial charge in [-0.15, -0.1) is 0 Å². The first-order valence-electron chi connectivity index (χ1n) is 8.60. The Labute approximate surface area is 155 Å². The third-order valence-electron chi connectivity index (χ3n) is 4.89. The van der Waals surface area contributed by atoms with Crippen molar-refractivity contribution in [2.24, 2.45) is 0 Å². The minimum Gasteiger partial charge on any atom is -0.333 e. The summed E-state index contributed by atoms with van der Waals surface area (Å²) in [5, 5.41) is 0. The van der Waals surface area contributed by atoms with E-state index in [0.29, 0.717) is 0 Å². The Balaban J connectivity index is 1.80. The highest BCUT2D eigenvalue weighted by atomic mass is 79.9. The fourth-order valence-corrected chi connectivity index (χ4v) is 3.96. The molecule has 4 nitrogen and oxygen atoms in total. The molecule has 1 amide bonds. The maximum absolute atomic E-state index is 12.0. The van der Waals surface area contributed by atoms with Gasteiger partial charge >= 0.3 is 0 Å². The number of benzene rings is 2. The van der Waals surface area contributed by atoms with E-state index < -0.39 is 0 Å². The van der Waals surface area contributed by atoms with Crippen molar-refractivity contribution >= 4 is 32.9 Å². The number of imidazole rings is 1. The van der Waals surface area contributed by atoms with Gasteiger partial charge in [-0.05, 0) is 42.7 Å². The van der Waals surface area contributed by atoms with Crippen molar-refractivity contribution in [2.75, 3.05) is 6.54 Å². The van der Waals surface area contributed by atoms with Gasteiger partial charge in [0.15, 0.2) is 0 Å². The second kappa shape index (κ2) is 6.64. The zero-order valence-corrected chi connectivity index (χ0v) is 15.7. The van der Waals surface area contributed by atoms with E-state index in [1.54, 1.807) is 6.92 Å². The van der Waals surface area contributed by atoms with E-state index in [1.165, 1.54) is 5.56 Å². The first kappa shape index (κ1) is 16.3. The molecular weight excluding hydrogens is 378 g/mol. The summed E-state index contributed by atoms with van der Waals surface area (Å²) in [5.41, 5.74) is 3.33. The average Bonchev–Trinajstić information content (AvgIpc) is 3.22. The third kappa shape index (κ3) is 3.09. The maximum Gasteiger partial charge on any atom is 0.220 e. The molecule has 0 N–H and O–H groups in total. The number of hydrogen-bond donors (Lipinski definition) is 0. The van der Waals surface area contributed by atoms with Crippen LogP contribution in [-0.4, -0.2) is 26.9 Å². The molecule has 5 heteroatoms. The molecule has 128 valence electrons. The van der Waals surface area contributed by atoms with E-state index >= 15 is 0 Å². The van der Waals surface area contributed by atoms with Crippen molar-refractivity contribution in [1.82, 2.24) is 14.5 Å². The lowest BCUT2D eigenvalue weighted by molar-refractivity contribution is -0.129. The first-order valence-corrected chi connectivity index (χ1v) is 9.39. The molecule has 3 aromatic rings. The highest BCUT2D eigenvalue weighted by molar-refractivity contribution is 9.10. The van der Waals surface area contributed by atoms with Crippen LogP contribution in [0.4, 0.5) is 0 Å². The number of para-hydroxylation sites is 2. The number of likely N-dealkylation sites (tertiary alicyclic amines) is 1. The van der Waals surface area contributed by atoms with Gasteiger partial charge in [-0.3, -0.25) is 4.79 Å². The van der Waals surface area contributed by atoms with Crippen molar-refractivity contribution in [3.05, 3.63) is 64.4 Å². The number of aromatic nitrogens is 2. The van der Waals surface area contributed by atoms with Crippen molar-refractivity contribution in [3.63, 3.8) is 0 Å². The number of carbonyl (C=O) groups excluding carboxylic acids is 1. The Morgan fingerprint density at radius 2 is 1.96 bits per heavy atom. The largest absolute Gasteiger partial charge is 0.333 e. The van der Waals surface area contributed by atoms with Crippen molar-refractivity contribution in [2.45, 2.75) is 32.4 Å². The summed E-state index contributed by atoms with van der Waals surface area (Å²) in [6.45, 7) is 3.23.